The Morgan fingerprint density at radius 2 is 0.516 bits per heavy atom. The number of amides is 1. The average molecular weight is 1280 g/mol. The van der Waals surface area contributed by atoms with Crippen molar-refractivity contribution in [2.24, 2.45) is 0 Å². The smallest absolute Gasteiger partial charge is 0.305 e. The molecule has 0 rings (SSSR count). The molecule has 0 saturated heterocycles. The third-order valence-electron chi connectivity index (χ3n) is 20.3. The Morgan fingerprint density at radius 3 is 0.780 bits per heavy atom. The zero-order valence-electron chi connectivity index (χ0n) is 62.4. The van der Waals surface area contributed by atoms with E-state index in [0.29, 0.717) is 25.9 Å². The van der Waals surface area contributed by atoms with Gasteiger partial charge in [-0.15, -0.1) is 0 Å². The molecule has 2 unspecified atom stereocenters. The highest BCUT2D eigenvalue weighted by atomic mass is 16.5. The summed E-state index contributed by atoms with van der Waals surface area (Å²) in [5, 5.41) is 23.5. The Labute approximate surface area is 571 Å². The van der Waals surface area contributed by atoms with Gasteiger partial charge in [0.1, 0.15) is 0 Å². The van der Waals surface area contributed by atoms with Gasteiger partial charge < -0.3 is 20.3 Å². The van der Waals surface area contributed by atoms with E-state index in [0.717, 1.165) is 38.5 Å². The first kappa shape index (κ1) is 89.6. The van der Waals surface area contributed by atoms with Gasteiger partial charge in [-0.1, -0.05) is 443 Å². The van der Waals surface area contributed by atoms with Crippen LogP contribution in [-0.2, 0) is 14.3 Å². The normalized spacial score (nSPS) is 12.4. The molecule has 0 aliphatic carbocycles. The van der Waals surface area contributed by atoms with E-state index < -0.39 is 12.1 Å². The van der Waals surface area contributed by atoms with E-state index in [1.165, 1.54) is 424 Å². The van der Waals surface area contributed by atoms with Gasteiger partial charge in [-0.05, 0) is 51.4 Å². The average Bonchev–Trinajstić information content (AvgIpc) is 3.64. The summed E-state index contributed by atoms with van der Waals surface area (Å²) in [5.41, 5.74) is 0. The van der Waals surface area contributed by atoms with E-state index in [-0.39, 0.29) is 18.5 Å². The molecular weight excluding hydrogens is 1110 g/mol. The second-order valence-electron chi connectivity index (χ2n) is 29.5. The summed E-state index contributed by atoms with van der Waals surface area (Å²) in [4.78, 5) is 24.7. The lowest BCUT2D eigenvalue weighted by atomic mass is 10.0. The van der Waals surface area contributed by atoms with Gasteiger partial charge in [-0.2, -0.15) is 0 Å². The summed E-state index contributed by atoms with van der Waals surface area (Å²) in [5.74, 6) is -0.00252. The summed E-state index contributed by atoms with van der Waals surface area (Å²) in [6, 6.07) is -0.541. The van der Waals surface area contributed by atoms with Gasteiger partial charge in [0.15, 0.2) is 0 Å². The summed E-state index contributed by atoms with van der Waals surface area (Å²) >= 11 is 0. The van der Waals surface area contributed by atoms with E-state index in [9.17, 15) is 19.8 Å². The summed E-state index contributed by atoms with van der Waals surface area (Å²) < 4.78 is 5.52. The molecule has 0 aliphatic rings. The van der Waals surface area contributed by atoms with Crippen molar-refractivity contribution in [1.82, 2.24) is 5.32 Å². The highest BCUT2D eigenvalue weighted by Gasteiger charge is 2.20. The lowest BCUT2D eigenvalue weighted by molar-refractivity contribution is -0.143. The van der Waals surface area contributed by atoms with Gasteiger partial charge in [0.2, 0.25) is 5.91 Å². The number of rotatable bonds is 81. The van der Waals surface area contributed by atoms with Crippen LogP contribution in [0.1, 0.15) is 495 Å². The lowest BCUT2D eigenvalue weighted by Crippen LogP contribution is -2.45. The van der Waals surface area contributed by atoms with E-state index in [2.05, 4.69) is 31.3 Å². The zero-order valence-corrected chi connectivity index (χ0v) is 62.4. The fourth-order valence-corrected chi connectivity index (χ4v) is 13.9. The first-order valence-corrected chi connectivity index (χ1v) is 42.4. The SMILES string of the molecule is CCCCCCCCCCCCCCCCCCCCCCCCCCCC(O)C(CO)NC(=O)CCCCCCCCCCCCCCCCC/C=C\CCCCCCCCCCCCCCOC(=O)CCCCCCCCCCCCCCCCCCCC. The van der Waals surface area contributed by atoms with Gasteiger partial charge in [-0.3, -0.25) is 9.59 Å². The predicted molar refractivity (Wildman–Crippen MR) is 403 cm³/mol. The first-order valence-electron chi connectivity index (χ1n) is 42.4. The van der Waals surface area contributed by atoms with Crippen LogP contribution in [0.4, 0.5) is 0 Å². The van der Waals surface area contributed by atoms with Crippen LogP contribution in [-0.4, -0.2) is 47.4 Å². The Morgan fingerprint density at radius 1 is 0.297 bits per heavy atom. The minimum absolute atomic E-state index is 0.0237. The number of nitrogens with one attached hydrogen (secondary N) is 1. The fraction of sp³-hybridized carbons (Fsp3) is 0.953. The lowest BCUT2D eigenvalue weighted by Gasteiger charge is -2.22. The van der Waals surface area contributed by atoms with E-state index in [1.807, 2.05) is 0 Å². The molecule has 0 fully saturated rings. The van der Waals surface area contributed by atoms with Crippen LogP contribution in [0.3, 0.4) is 0 Å². The van der Waals surface area contributed by atoms with E-state index >= 15 is 0 Å². The van der Waals surface area contributed by atoms with Crippen molar-refractivity contribution in [3.63, 3.8) is 0 Å². The summed E-state index contributed by atoms with van der Waals surface area (Å²) in [7, 11) is 0. The number of allylic oxidation sites excluding steroid dienone is 2. The van der Waals surface area contributed by atoms with Gasteiger partial charge in [0, 0.05) is 12.8 Å². The molecule has 0 heterocycles. The van der Waals surface area contributed by atoms with Crippen LogP contribution < -0.4 is 5.32 Å². The molecule has 0 aromatic heterocycles. The third kappa shape index (κ3) is 77.5. The van der Waals surface area contributed by atoms with E-state index in [4.69, 9.17) is 4.74 Å². The van der Waals surface area contributed by atoms with Crippen molar-refractivity contribution in [1.29, 1.82) is 0 Å². The molecule has 0 bridgehead atoms. The number of unbranched alkanes of at least 4 members (excludes halogenated alkanes) is 68. The van der Waals surface area contributed by atoms with E-state index in [1.54, 1.807) is 0 Å². The van der Waals surface area contributed by atoms with Crippen LogP contribution >= 0.6 is 0 Å². The number of aliphatic hydroxyl groups is 2. The summed E-state index contributed by atoms with van der Waals surface area (Å²) in [6.45, 7) is 5.02. The van der Waals surface area contributed by atoms with Crippen LogP contribution in [0.25, 0.3) is 0 Å². The molecule has 0 radical (unpaired) electrons. The quantitative estimate of drug-likeness (QED) is 0.0320. The molecule has 2 atom stereocenters. The highest BCUT2D eigenvalue weighted by Crippen LogP contribution is 2.21. The maximum absolute atomic E-state index is 12.6. The molecule has 0 saturated carbocycles. The molecule has 0 aromatic carbocycles. The second kappa shape index (κ2) is 81.0. The number of carbonyl (C=O) groups is 2. The predicted octanol–water partition coefficient (Wildman–Crippen LogP) is 28.2. The Bertz CT molecular complexity index is 1380. The van der Waals surface area contributed by atoms with Crippen LogP contribution in [0.5, 0.6) is 0 Å². The minimum atomic E-state index is -0.664. The molecule has 3 N–H and O–H groups in total. The van der Waals surface area contributed by atoms with Crippen LogP contribution in [0.15, 0.2) is 12.2 Å². The van der Waals surface area contributed by atoms with Gasteiger partial charge in [-0.25, -0.2) is 0 Å². The Balaban J connectivity index is 3.34. The Hall–Kier alpha value is -1.40. The topological polar surface area (TPSA) is 95.9 Å². The summed E-state index contributed by atoms with van der Waals surface area (Å²) in [6.07, 6.45) is 103. The van der Waals surface area contributed by atoms with Crippen molar-refractivity contribution in [3.05, 3.63) is 12.2 Å². The maximum Gasteiger partial charge on any atom is 0.305 e. The second-order valence-corrected chi connectivity index (χ2v) is 29.5. The molecule has 91 heavy (non-hydrogen) atoms. The standard InChI is InChI=1S/C85H167NO5/c1-3-5-7-9-11-13-15-17-19-21-23-24-25-33-36-39-42-45-49-53-57-61-65-69-73-77-83(88)82(81-87)86-84(89)78-74-70-66-62-58-54-50-46-43-40-37-34-31-29-27-26-28-30-32-35-38-41-44-48-52-56-60-64-68-72-76-80-91-85(90)79-75-71-67-63-59-55-51-47-22-20-18-16-14-12-10-8-6-4-2/h28,30,82-83,87-88H,3-27,29,31-81H2,1-2H3,(H,86,89)/b30-28-. The number of hydrogen-bond acceptors (Lipinski definition) is 5. The number of carbonyl (C=O) groups excluding carboxylic acids is 2. The molecular formula is C85H167NO5. The molecule has 1 amide bonds. The fourth-order valence-electron chi connectivity index (χ4n) is 13.9. The third-order valence-corrected chi connectivity index (χ3v) is 20.3. The monoisotopic (exact) mass is 1280 g/mol. The first-order chi connectivity index (χ1) is 45.0. The minimum Gasteiger partial charge on any atom is -0.466 e. The molecule has 542 valence electrons. The number of ether oxygens (including phenoxy) is 1. The van der Waals surface area contributed by atoms with Crippen molar-refractivity contribution in [3.8, 4) is 0 Å². The van der Waals surface area contributed by atoms with Crippen LogP contribution in [0, 0.1) is 0 Å². The maximum atomic E-state index is 12.6. The number of esters is 1. The molecule has 6 heteroatoms. The molecule has 0 spiro atoms. The van der Waals surface area contributed by atoms with Gasteiger partial charge in [0.25, 0.3) is 0 Å². The molecule has 0 aliphatic heterocycles. The van der Waals surface area contributed by atoms with Crippen LogP contribution in [0.2, 0.25) is 0 Å². The molecule has 0 aromatic rings. The van der Waals surface area contributed by atoms with Gasteiger partial charge >= 0.3 is 5.97 Å². The zero-order chi connectivity index (χ0) is 65.6. The largest absolute Gasteiger partial charge is 0.466 e. The van der Waals surface area contributed by atoms with Crippen molar-refractivity contribution < 1.29 is 24.5 Å². The van der Waals surface area contributed by atoms with Crippen molar-refractivity contribution >= 4 is 11.9 Å². The molecule has 6 nitrogen and oxygen atoms in total. The van der Waals surface area contributed by atoms with Gasteiger partial charge in [0.05, 0.1) is 25.4 Å². The highest BCUT2D eigenvalue weighted by molar-refractivity contribution is 5.76. The number of aliphatic hydroxyl groups excluding tert-OH is 2. The Kier molecular flexibility index (Phi) is 79.8. The van der Waals surface area contributed by atoms with Crippen molar-refractivity contribution in [2.45, 2.75) is 508 Å². The number of hydrogen-bond donors (Lipinski definition) is 3. The van der Waals surface area contributed by atoms with Crippen molar-refractivity contribution in [2.75, 3.05) is 13.2 Å².